The number of hydrogen-bond donors (Lipinski definition) is 0. The fraction of sp³-hybridized carbons (Fsp3) is 0.333. The van der Waals surface area contributed by atoms with Crippen LogP contribution in [0.1, 0.15) is 35.1 Å². The highest BCUT2D eigenvalue weighted by atomic mass is 32.1. The number of aryl methyl sites for hydroxylation is 1. The molecule has 1 aromatic carbocycles. The summed E-state index contributed by atoms with van der Waals surface area (Å²) in [5, 5.41) is 0.792. The molecule has 6 nitrogen and oxygen atoms in total. The van der Waals surface area contributed by atoms with E-state index in [-0.39, 0.29) is 17.7 Å². The normalized spacial score (nSPS) is 16.2. The lowest BCUT2D eigenvalue weighted by Crippen LogP contribution is -2.47. The number of hydrogen-bond acceptors (Lipinski definition) is 5. The molecule has 0 aliphatic carbocycles. The minimum absolute atomic E-state index is 0.0367. The Morgan fingerprint density at radius 3 is 2.71 bits per heavy atom. The number of piperidine rings is 1. The second kappa shape index (κ2) is 9.39. The first-order valence-electron chi connectivity index (χ1n) is 10.6. The second-order valence-electron chi connectivity index (χ2n) is 7.68. The summed E-state index contributed by atoms with van der Waals surface area (Å²) in [6.07, 6.45) is 5.09. The number of para-hydroxylation sites is 1. The minimum atomic E-state index is -0.191. The molecule has 31 heavy (non-hydrogen) atoms. The number of amides is 2. The van der Waals surface area contributed by atoms with Crippen LogP contribution in [0.25, 0.3) is 10.6 Å². The zero-order valence-corrected chi connectivity index (χ0v) is 18.6. The van der Waals surface area contributed by atoms with E-state index in [2.05, 4.69) is 9.97 Å². The van der Waals surface area contributed by atoms with E-state index in [4.69, 9.17) is 0 Å². The summed E-state index contributed by atoms with van der Waals surface area (Å²) in [5.41, 5.74) is 2.53. The van der Waals surface area contributed by atoms with Gasteiger partial charge in [-0.25, -0.2) is 4.98 Å². The Morgan fingerprint density at radius 1 is 1.19 bits per heavy atom. The average Bonchev–Trinajstić information content (AvgIpc) is 3.22. The predicted molar refractivity (Wildman–Crippen MR) is 123 cm³/mol. The molecule has 0 bridgehead atoms. The van der Waals surface area contributed by atoms with Crippen molar-refractivity contribution in [1.29, 1.82) is 0 Å². The van der Waals surface area contributed by atoms with E-state index in [9.17, 15) is 9.59 Å². The summed E-state index contributed by atoms with van der Waals surface area (Å²) in [6, 6.07) is 13.5. The monoisotopic (exact) mass is 434 g/mol. The van der Waals surface area contributed by atoms with E-state index in [1.165, 1.54) is 11.3 Å². The van der Waals surface area contributed by atoms with E-state index < -0.39 is 0 Å². The largest absolute Gasteiger partial charge is 0.337 e. The highest BCUT2D eigenvalue weighted by molar-refractivity contribution is 7.17. The van der Waals surface area contributed by atoms with Gasteiger partial charge in [0.2, 0.25) is 5.91 Å². The van der Waals surface area contributed by atoms with Crippen molar-refractivity contribution in [1.82, 2.24) is 14.9 Å². The van der Waals surface area contributed by atoms with Crippen molar-refractivity contribution < 1.29 is 9.59 Å². The molecule has 160 valence electrons. The van der Waals surface area contributed by atoms with Crippen LogP contribution < -0.4 is 4.90 Å². The van der Waals surface area contributed by atoms with Gasteiger partial charge in [0.15, 0.2) is 0 Å². The third-order valence-corrected chi connectivity index (χ3v) is 6.80. The first kappa shape index (κ1) is 21.2. The van der Waals surface area contributed by atoms with Crippen LogP contribution in [0.4, 0.5) is 5.69 Å². The maximum Gasteiger partial charge on any atom is 0.265 e. The molecule has 4 rings (SSSR count). The van der Waals surface area contributed by atoms with Crippen LogP contribution in [-0.4, -0.2) is 46.3 Å². The van der Waals surface area contributed by atoms with E-state index in [0.29, 0.717) is 24.5 Å². The molecule has 2 amide bonds. The molecule has 0 radical (unpaired) electrons. The predicted octanol–water partition coefficient (Wildman–Crippen LogP) is 4.42. The van der Waals surface area contributed by atoms with Crippen molar-refractivity contribution >= 4 is 28.8 Å². The summed E-state index contributed by atoms with van der Waals surface area (Å²) in [6.45, 7) is 5.57. The Hall–Kier alpha value is -3.06. The smallest absolute Gasteiger partial charge is 0.265 e. The van der Waals surface area contributed by atoms with E-state index in [1.807, 2.05) is 66.1 Å². The Bertz CT molecular complexity index is 1050. The molecule has 1 unspecified atom stereocenters. The number of carbonyl (C=O) groups excluding carboxylic acids is 2. The van der Waals surface area contributed by atoms with E-state index in [0.717, 1.165) is 34.8 Å². The highest BCUT2D eigenvalue weighted by Gasteiger charge is 2.33. The summed E-state index contributed by atoms with van der Waals surface area (Å²) in [5.74, 6) is -0.141. The number of carbonyl (C=O) groups is 2. The Balaban J connectivity index is 1.50. The van der Waals surface area contributed by atoms with Gasteiger partial charge in [-0.1, -0.05) is 18.2 Å². The van der Waals surface area contributed by atoms with Crippen molar-refractivity contribution in [3.8, 4) is 10.6 Å². The molecule has 1 atom stereocenters. The van der Waals surface area contributed by atoms with Gasteiger partial charge in [0.05, 0.1) is 11.6 Å². The van der Waals surface area contributed by atoms with Crippen LogP contribution in [0.5, 0.6) is 0 Å². The van der Waals surface area contributed by atoms with Crippen LogP contribution >= 0.6 is 11.3 Å². The van der Waals surface area contributed by atoms with Crippen molar-refractivity contribution in [2.75, 3.05) is 24.5 Å². The van der Waals surface area contributed by atoms with Gasteiger partial charge in [0.1, 0.15) is 9.88 Å². The first-order valence-corrected chi connectivity index (χ1v) is 11.4. The maximum atomic E-state index is 13.3. The molecule has 0 saturated carbocycles. The van der Waals surface area contributed by atoms with Gasteiger partial charge in [-0.3, -0.25) is 14.6 Å². The number of rotatable bonds is 5. The Kier molecular flexibility index (Phi) is 6.42. The SMILES string of the molecule is CCN(C(=O)C1CCCN(C(=O)c2sc(-c3cccnc3)nc2C)C1)c1ccccc1. The molecule has 7 heteroatoms. The molecule has 1 fully saturated rings. The lowest BCUT2D eigenvalue weighted by Gasteiger charge is -2.34. The summed E-state index contributed by atoms with van der Waals surface area (Å²) in [7, 11) is 0. The molecule has 2 aromatic heterocycles. The molecular formula is C24H26N4O2S. The quantitative estimate of drug-likeness (QED) is 0.596. The number of aromatic nitrogens is 2. The Morgan fingerprint density at radius 2 is 2.00 bits per heavy atom. The zero-order chi connectivity index (χ0) is 21.8. The number of nitrogens with zero attached hydrogens (tertiary/aromatic N) is 4. The highest BCUT2D eigenvalue weighted by Crippen LogP contribution is 2.30. The van der Waals surface area contributed by atoms with Crippen molar-refractivity contribution in [3.63, 3.8) is 0 Å². The lowest BCUT2D eigenvalue weighted by molar-refractivity contribution is -0.123. The summed E-state index contributed by atoms with van der Waals surface area (Å²) < 4.78 is 0. The van der Waals surface area contributed by atoms with Crippen LogP contribution in [0.3, 0.4) is 0 Å². The van der Waals surface area contributed by atoms with E-state index in [1.54, 1.807) is 12.4 Å². The molecule has 0 N–H and O–H groups in total. The van der Waals surface area contributed by atoms with Crippen molar-refractivity contribution in [2.24, 2.45) is 5.92 Å². The van der Waals surface area contributed by atoms with Crippen LogP contribution in [0.2, 0.25) is 0 Å². The fourth-order valence-electron chi connectivity index (χ4n) is 4.01. The maximum absolute atomic E-state index is 13.3. The molecule has 1 aliphatic rings. The Labute approximate surface area is 186 Å². The fourth-order valence-corrected chi connectivity index (χ4v) is 5.03. The summed E-state index contributed by atoms with van der Waals surface area (Å²) >= 11 is 1.39. The molecule has 1 aliphatic heterocycles. The molecule has 3 aromatic rings. The van der Waals surface area contributed by atoms with Crippen LogP contribution in [0.15, 0.2) is 54.9 Å². The van der Waals surface area contributed by atoms with Crippen LogP contribution in [-0.2, 0) is 4.79 Å². The molecule has 0 spiro atoms. The van der Waals surface area contributed by atoms with Gasteiger partial charge in [-0.2, -0.15) is 0 Å². The van der Waals surface area contributed by atoms with Gasteiger partial charge < -0.3 is 9.80 Å². The third kappa shape index (κ3) is 4.51. The van der Waals surface area contributed by atoms with Gasteiger partial charge in [-0.05, 0) is 51.0 Å². The average molecular weight is 435 g/mol. The number of pyridine rings is 1. The van der Waals surface area contributed by atoms with Gasteiger partial charge in [0.25, 0.3) is 5.91 Å². The number of likely N-dealkylation sites (tertiary alicyclic amines) is 1. The zero-order valence-electron chi connectivity index (χ0n) is 17.8. The van der Waals surface area contributed by atoms with Crippen LogP contribution in [0, 0.1) is 12.8 Å². The van der Waals surface area contributed by atoms with Gasteiger partial charge in [0, 0.05) is 43.3 Å². The van der Waals surface area contributed by atoms with Crippen molar-refractivity contribution in [2.45, 2.75) is 26.7 Å². The van der Waals surface area contributed by atoms with Gasteiger partial charge in [-0.15, -0.1) is 11.3 Å². The topological polar surface area (TPSA) is 66.4 Å². The molecule has 1 saturated heterocycles. The third-order valence-electron chi connectivity index (χ3n) is 5.61. The summed E-state index contributed by atoms with van der Waals surface area (Å²) in [4.78, 5) is 39.6. The second-order valence-corrected chi connectivity index (χ2v) is 8.68. The lowest BCUT2D eigenvalue weighted by atomic mass is 9.96. The van der Waals surface area contributed by atoms with Crippen molar-refractivity contribution in [3.05, 3.63) is 65.4 Å². The number of thiazole rings is 1. The minimum Gasteiger partial charge on any atom is -0.337 e. The first-order chi connectivity index (χ1) is 15.1. The number of anilines is 1. The van der Waals surface area contributed by atoms with Gasteiger partial charge >= 0.3 is 0 Å². The number of benzene rings is 1. The molecular weight excluding hydrogens is 408 g/mol. The standard InChI is InChI=1S/C24H26N4O2S/c1-3-28(20-11-5-4-6-12-20)23(29)19-10-8-14-27(16-19)24(30)21-17(2)26-22(31-21)18-9-7-13-25-15-18/h4-7,9,11-13,15,19H,3,8,10,14,16H2,1-2H3. The van der Waals surface area contributed by atoms with E-state index >= 15 is 0 Å². The molecule has 3 heterocycles.